The molecule has 0 N–H and O–H groups in total. The summed E-state index contributed by atoms with van der Waals surface area (Å²) >= 11 is 0. The van der Waals surface area contributed by atoms with E-state index in [9.17, 15) is 4.39 Å². The van der Waals surface area contributed by atoms with E-state index in [1.165, 1.54) is 51.4 Å². The lowest BCUT2D eigenvalue weighted by Crippen LogP contribution is -2.15. The number of nitrogens with zero attached hydrogens (tertiary/aromatic N) is 2. The van der Waals surface area contributed by atoms with E-state index < -0.39 is 0 Å². The first-order valence-electron chi connectivity index (χ1n) is 11.4. The first-order valence-corrected chi connectivity index (χ1v) is 11.4. The van der Waals surface area contributed by atoms with Crippen molar-refractivity contribution in [2.75, 3.05) is 6.61 Å². The molecule has 1 aliphatic rings. The van der Waals surface area contributed by atoms with E-state index in [4.69, 9.17) is 4.74 Å². The van der Waals surface area contributed by atoms with Crippen LogP contribution in [0.5, 0.6) is 5.88 Å². The van der Waals surface area contributed by atoms with Gasteiger partial charge in [-0.15, -0.1) is 10.2 Å². The maximum Gasteiger partial charge on any atom is 0.233 e. The largest absolute Gasteiger partial charge is 0.477 e. The number of rotatable bonds is 10. The van der Waals surface area contributed by atoms with Crippen molar-refractivity contribution in [2.24, 2.45) is 11.8 Å². The van der Waals surface area contributed by atoms with Crippen LogP contribution in [0.25, 0.3) is 11.3 Å². The Morgan fingerprint density at radius 2 is 1.69 bits per heavy atom. The molecule has 3 nitrogen and oxygen atoms in total. The van der Waals surface area contributed by atoms with Crippen LogP contribution in [-0.2, 0) is 6.42 Å². The lowest BCUT2D eigenvalue weighted by atomic mass is 9.78. The molecule has 0 atom stereocenters. The summed E-state index contributed by atoms with van der Waals surface area (Å²) in [5, 5.41) is 8.16. The van der Waals surface area contributed by atoms with Crippen molar-refractivity contribution in [1.82, 2.24) is 10.2 Å². The van der Waals surface area contributed by atoms with Crippen LogP contribution in [0.2, 0.25) is 0 Å². The minimum absolute atomic E-state index is 0.220. The van der Waals surface area contributed by atoms with E-state index in [-0.39, 0.29) is 5.82 Å². The van der Waals surface area contributed by atoms with Gasteiger partial charge >= 0.3 is 0 Å². The predicted molar refractivity (Wildman–Crippen MR) is 117 cm³/mol. The molecule has 1 saturated carbocycles. The molecule has 3 rings (SSSR count). The van der Waals surface area contributed by atoms with E-state index in [1.807, 2.05) is 19.1 Å². The number of unbranched alkanes of at least 4 members (excludes halogenated alkanes) is 1. The standard InChI is InChI=1S/C25H35FN2O/c1-3-5-6-19-7-9-20(10-8-19)11-12-21-13-14-22(23(26)18-21)24-15-16-25(28-27-24)29-17-4-2/h13-16,18-20H,3-12,17H2,1-2H3. The van der Waals surface area contributed by atoms with Crippen molar-refractivity contribution in [3.05, 3.63) is 41.7 Å². The summed E-state index contributed by atoms with van der Waals surface area (Å²) in [6, 6.07) is 9.07. The van der Waals surface area contributed by atoms with Gasteiger partial charge in [0.05, 0.1) is 12.3 Å². The predicted octanol–water partition coefficient (Wildman–Crippen LogP) is 7.00. The molecule has 0 aliphatic heterocycles. The molecular formula is C25H35FN2O. The number of halogens is 1. The molecule has 1 fully saturated rings. The van der Waals surface area contributed by atoms with Crippen molar-refractivity contribution in [3.8, 4) is 17.1 Å². The van der Waals surface area contributed by atoms with E-state index >= 15 is 0 Å². The van der Waals surface area contributed by atoms with Crippen LogP contribution in [0.15, 0.2) is 30.3 Å². The maximum atomic E-state index is 14.7. The monoisotopic (exact) mass is 398 g/mol. The SMILES string of the molecule is CCCCC1CCC(CCc2ccc(-c3ccc(OCCC)nn3)c(F)c2)CC1. The summed E-state index contributed by atoms with van der Waals surface area (Å²) < 4.78 is 20.1. The first kappa shape index (κ1) is 21.7. The zero-order valence-electron chi connectivity index (χ0n) is 18.0. The van der Waals surface area contributed by atoms with Gasteiger partial charge in [0.2, 0.25) is 5.88 Å². The molecule has 1 aliphatic carbocycles. The molecule has 0 bridgehead atoms. The van der Waals surface area contributed by atoms with Crippen LogP contribution < -0.4 is 4.74 Å². The van der Waals surface area contributed by atoms with Crippen LogP contribution in [0.1, 0.15) is 77.2 Å². The lowest BCUT2D eigenvalue weighted by Gasteiger charge is -2.28. The second-order valence-electron chi connectivity index (χ2n) is 8.49. The number of ether oxygens (including phenoxy) is 1. The fourth-order valence-electron chi connectivity index (χ4n) is 4.34. The normalized spacial score (nSPS) is 19.3. The van der Waals surface area contributed by atoms with Gasteiger partial charge in [-0.1, -0.05) is 64.9 Å². The van der Waals surface area contributed by atoms with Gasteiger partial charge in [-0.2, -0.15) is 0 Å². The Labute approximate surface area is 175 Å². The molecule has 0 amide bonds. The third-order valence-electron chi connectivity index (χ3n) is 6.18. The summed E-state index contributed by atoms with van der Waals surface area (Å²) in [5.74, 6) is 2.01. The highest BCUT2D eigenvalue weighted by Gasteiger charge is 2.20. The first-order chi connectivity index (χ1) is 14.2. The Kier molecular flexibility index (Phi) is 8.45. The number of hydrogen-bond donors (Lipinski definition) is 0. The molecule has 29 heavy (non-hydrogen) atoms. The third-order valence-corrected chi connectivity index (χ3v) is 6.18. The molecule has 0 radical (unpaired) electrons. The van der Waals surface area contributed by atoms with E-state index in [0.29, 0.717) is 23.7 Å². The van der Waals surface area contributed by atoms with Gasteiger partial charge < -0.3 is 4.74 Å². The van der Waals surface area contributed by atoms with Gasteiger partial charge in [0.25, 0.3) is 0 Å². The zero-order valence-corrected chi connectivity index (χ0v) is 18.0. The summed E-state index contributed by atoms with van der Waals surface area (Å²) in [7, 11) is 0. The molecule has 0 saturated heterocycles. The van der Waals surface area contributed by atoms with Crippen molar-refractivity contribution in [3.63, 3.8) is 0 Å². The topological polar surface area (TPSA) is 35.0 Å². The second kappa shape index (κ2) is 11.3. The molecule has 2 aromatic rings. The van der Waals surface area contributed by atoms with Gasteiger partial charge in [0.15, 0.2) is 0 Å². The lowest BCUT2D eigenvalue weighted by molar-refractivity contribution is 0.250. The number of aryl methyl sites for hydroxylation is 1. The van der Waals surface area contributed by atoms with Gasteiger partial charge in [0.1, 0.15) is 5.82 Å². The Morgan fingerprint density at radius 3 is 2.31 bits per heavy atom. The molecule has 1 aromatic heterocycles. The zero-order chi connectivity index (χ0) is 20.5. The quantitative estimate of drug-likeness (QED) is 0.432. The average molecular weight is 399 g/mol. The third kappa shape index (κ3) is 6.52. The van der Waals surface area contributed by atoms with Crippen molar-refractivity contribution in [1.29, 1.82) is 0 Å². The van der Waals surface area contributed by atoms with Crippen molar-refractivity contribution < 1.29 is 9.13 Å². The number of hydrogen-bond acceptors (Lipinski definition) is 3. The Hall–Kier alpha value is -1.97. The highest BCUT2D eigenvalue weighted by molar-refractivity contribution is 5.60. The fourth-order valence-corrected chi connectivity index (χ4v) is 4.34. The van der Waals surface area contributed by atoms with Crippen molar-refractivity contribution in [2.45, 2.75) is 78.1 Å². The summed E-state index contributed by atoms with van der Waals surface area (Å²) in [6.07, 6.45) is 12.6. The van der Waals surface area contributed by atoms with Crippen molar-refractivity contribution >= 4 is 0 Å². The molecule has 158 valence electrons. The van der Waals surface area contributed by atoms with Gasteiger partial charge in [-0.05, 0) is 54.9 Å². The molecule has 0 unspecified atom stereocenters. The smallest absolute Gasteiger partial charge is 0.233 e. The van der Waals surface area contributed by atoms with E-state index in [2.05, 4.69) is 17.1 Å². The Balaban J connectivity index is 1.51. The second-order valence-corrected chi connectivity index (χ2v) is 8.49. The summed E-state index contributed by atoms with van der Waals surface area (Å²) in [4.78, 5) is 0. The minimum Gasteiger partial charge on any atom is -0.477 e. The van der Waals surface area contributed by atoms with Gasteiger partial charge in [0, 0.05) is 11.6 Å². The van der Waals surface area contributed by atoms with Crippen LogP contribution in [-0.4, -0.2) is 16.8 Å². The Morgan fingerprint density at radius 1 is 0.931 bits per heavy atom. The van der Waals surface area contributed by atoms with Crippen LogP contribution in [0.3, 0.4) is 0 Å². The number of aromatic nitrogens is 2. The molecule has 0 spiro atoms. The molecule has 4 heteroatoms. The van der Waals surface area contributed by atoms with Gasteiger partial charge in [-0.25, -0.2) is 4.39 Å². The van der Waals surface area contributed by atoms with Crippen LogP contribution in [0, 0.1) is 17.7 Å². The minimum atomic E-state index is -0.220. The summed E-state index contributed by atoms with van der Waals surface area (Å²) in [6.45, 7) is 4.93. The van der Waals surface area contributed by atoms with E-state index in [0.717, 1.165) is 30.2 Å². The van der Waals surface area contributed by atoms with E-state index in [1.54, 1.807) is 18.2 Å². The highest BCUT2D eigenvalue weighted by atomic mass is 19.1. The van der Waals surface area contributed by atoms with Crippen LogP contribution in [0.4, 0.5) is 4.39 Å². The highest BCUT2D eigenvalue weighted by Crippen LogP contribution is 2.34. The molecular weight excluding hydrogens is 363 g/mol. The maximum absolute atomic E-state index is 14.7. The van der Waals surface area contributed by atoms with Gasteiger partial charge in [-0.3, -0.25) is 0 Å². The molecule has 1 aromatic carbocycles. The molecule has 1 heterocycles. The fraction of sp³-hybridized carbons (Fsp3) is 0.600. The average Bonchev–Trinajstić information content (AvgIpc) is 2.76. The Bertz CT molecular complexity index is 739. The number of benzene rings is 1. The van der Waals surface area contributed by atoms with Crippen LogP contribution >= 0.6 is 0 Å². The summed E-state index contributed by atoms with van der Waals surface area (Å²) in [5.41, 5.74) is 2.12.